The Labute approximate surface area is 108 Å². The van der Waals surface area contributed by atoms with Gasteiger partial charge >= 0.3 is 6.01 Å². The van der Waals surface area contributed by atoms with Gasteiger partial charge in [-0.3, -0.25) is 0 Å². The van der Waals surface area contributed by atoms with Crippen LogP contribution in [0.3, 0.4) is 0 Å². The molecule has 0 aliphatic heterocycles. The van der Waals surface area contributed by atoms with Gasteiger partial charge in [-0.2, -0.15) is 15.0 Å². The molecule has 1 aliphatic rings. The number of nitrogens with zero attached hydrogens (tertiary/aromatic N) is 3. The summed E-state index contributed by atoms with van der Waals surface area (Å²) in [7, 11) is 0. The molecule has 0 bridgehead atoms. The first-order valence-corrected chi connectivity index (χ1v) is 6.66. The highest BCUT2D eigenvalue weighted by atomic mass is 16.5. The summed E-state index contributed by atoms with van der Waals surface area (Å²) >= 11 is 0. The third kappa shape index (κ3) is 3.21. The van der Waals surface area contributed by atoms with Gasteiger partial charge in [0.1, 0.15) is 0 Å². The first-order chi connectivity index (χ1) is 8.76. The van der Waals surface area contributed by atoms with Crippen LogP contribution in [0.25, 0.3) is 0 Å². The van der Waals surface area contributed by atoms with E-state index in [-0.39, 0.29) is 0 Å². The second-order valence-corrected chi connectivity index (χ2v) is 4.38. The van der Waals surface area contributed by atoms with Gasteiger partial charge in [-0.25, -0.2) is 0 Å². The lowest BCUT2D eigenvalue weighted by Crippen LogP contribution is -2.12. The molecule has 2 rings (SSSR count). The van der Waals surface area contributed by atoms with Gasteiger partial charge in [-0.15, -0.1) is 0 Å². The van der Waals surface area contributed by atoms with Crippen molar-refractivity contribution in [3.8, 4) is 6.01 Å². The van der Waals surface area contributed by atoms with Crippen molar-refractivity contribution in [3.05, 3.63) is 0 Å². The van der Waals surface area contributed by atoms with Crippen molar-refractivity contribution in [2.45, 2.75) is 39.7 Å². The maximum atomic E-state index is 5.35. The van der Waals surface area contributed by atoms with Crippen LogP contribution in [0, 0.1) is 5.92 Å². The topological polar surface area (TPSA) is 72.0 Å². The molecule has 1 aromatic heterocycles. The maximum absolute atomic E-state index is 5.35. The van der Waals surface area contributed by atoms with Crippen LogP contribution in [0.5, 0.6) is 6.01 Å². The van der Waals surface area contributed by atoms with Crippen LogP contribution in [0.1, 0.15) is 33.6 Å². The fraction of sp³-hybridized carbons (Fsp3) is 0.750. The maximum Gasteiger partial charge on any atom is 0.323 e. The monoisotopic (exact) mass is 251 g/mol. The molecule has 1 fully saturated rings. The van der Waals surface area contributed by atoms with E-state index in [0.29, 0.717) is 30.6 Å². The van der Waals surface area contributed by atoms with E-state index < -0.39 is 0 Å². The standard InChI is InChI=1S/C12H21N5O/c1-4-8-7-9(8)14-11-15-10(13-5-2)16-12(17-11)18-6-3/h8-9H,4-7H2,1-3H3,(H2,13,14,15,16,17). The van der Waals surface area contributed by atoms with Crippen LogP contribution in [-0.2, 0) is 0 Å². The zero-order chi connectivity index (χ0) is 13.0. The lowest BCUT2D eigenvalue weighted by atomic mass is 10.3. The fourth-order valence-electron chi connectivity index (χ4n) is 1.89. The molecule has 2 unspecified atom stereocenters. The average molecular weight is 251 g/mol. The molecule has 2 N–H and O–H groups in total. The fourth-order valence-corrected chi connectivity index (χ4v) is 1.89. The Balaban J connectivity index is 2.07. The Morgan fingerprint density at radius 1 is 1.17 bits per heavy atom. The smallest absolute Gasteiger partial charge is 0.323 e. The lowest BCUT2D eigenvalue weighted by molar-refractivity contribution is 0.312. The Kier molecular flexibility index (Phi) is 4.17. The minimum atomic E-state index is 0.375. The predicted octanol–water partition coefficient (Wildman–Crippen LogP) is 1.91. The zero-order valence-corrected chi connectivity index (χ0v) is 11.2. The summed E-state index contributed by atoms with van der Waals surface area (Å²) in [5.41, 5.74) is 0. The Morgan fingerprint density at radius 2 is 1.94 bits per heavy atom. The number of nitrogens with one attached hydrogen (secondary N) is 2. The lowest BCUT2D eigenvalue weighted by Gasteiger charge is -2.09. The zero-order valence-electron chi connectivity index (χ0n) is 11.2. The third-order valence-electron chi connectivity index (χ3n) is 2.98. The first kappa shape index (κ1) is 12.9. The molecular formula is C12H21N5O. The molecule has 1 heterocycles. The highest BCUT2D eigenvalue weighted by Crippen LogP contribution is 2.35. The van der Waals surface area contributed by atoms with Crippen molar-refractivity contribution in [1.82, 2.24) is 15.0 Å². The van der Waals surface area contributed by atoms with Crippen molar-refractivity contribution in [2.75, 3.05) is 23.8 Å². The normalized spacial score (nSPS) is 21.5. The Hall–Kier alpha value is -1.59. The highest BCUT2D eigenvalue weighted by Gasteiger charge is 2.35. The third-order valence-corrected chi connectivity index (χ3v) is 2.98. The summed E-state index contributed by atoms with van der Waals surface area (Å²) in [6.07, 6.45) is 2.39. The van der Waals surface area contributed by atoms with Crippen LogP contribution in [0.4, 0.5) is 11.9 Å². The molecule has 0 saturated heterocycles. The van der Waals surface area contributed by atoms with Crippen molar-refractivity contribution in [1.29, 1.82) is 0 Å². The molecular weight excluding hydrogens is 230 g/mol. The van der Waals surface area contributed by atoms with Gasteiger partial charge in [0.2, 0.25) is 11.9 Å². The summed E-state index contributed by atoms with van der Waals surface area (Å²) < 4.78 is 5.35. The van der Waals surface area contributed by atoms with E-state index in [1.807, 2.05) is 13.8 Å². The van der Waals surface area contributed by atoms with Crippen molar-refractivity contribution < 1.29 is 4.74 Å². The molecule has 18 heavy (non-hydrogen) atoms. The van der Waals surface area contributed by atoms with Gasteiger partial charge in [-0.05, 0) is 26.2 Å². The van der Waals surface area contributed by atoms with Gasteiger partial charge in [0, 0.05) is 12.6 Å². The van der Waals surface area contributed by atoms with E-state index in [9.17, 15) is 0 Å². The van der Waals surface area contributed by atoms with E-state index >= 15 is 0 Å². The van der Waals surface area contributed by atoms with Crippen LogP contribution in [-0.4, -0.2) is 34.1 Å². The van der Waals surface area contributed by atoms with Crippen molar-refractivity contribution in [3.63, 3.8) is 0 Å². The number of hydrogen-bond donors (Lipinski definition) is 2. The van der Waals surface area contributed by atoms with Crippen LogP contribution in [0.2, 0.25) is 0 Å². The summed E-state index contributed by atoms with van der Waals surface area (Å²) in [6.45, 7) is 7.45. The van der Waals surface area contributed by atoms with Crippen LogP contribution >= 0.6 is 0 Å². The summed E-state index contributed by atoms with van der Waals surface area (Å²) in [6, 6.07) is 0.876. The Morgan fingerprint density at radius 3 is 2.56 bits per heavy atom. The molecule has 0 amide bonds. The van der Waals surface area contributed by atoms with Crippen LogP contribution in [0.15, 0.2) is 0 Å². The second-order valence-electron chi connectivity index (χ2n) is 4.38. The number of rotatable bonds is 7. The minimum absolute atomic E-state index is 0.375. The van der Waals surface area contributed by atoms with Gasteiger partial charge in [-0.1, -0.05) is 13.3 Å². The first-order valence-electron chi connectivity index (χ1n) is 6.66. The largest absolute Gasteiger partial charge is 0.464 e. The minimum Gasteiger partial charge on any atom is -0.464 e. The molecule has 2 atom stereocenters. The van der Waals surface area contributed by atoms with E-state index in [4.69, 9.17) is 4.74 Å². The summed E-state index contributed by atoms with van der Waals surface area (Å²) in [4.78, 5) is 12.8. The number of aromatic nitrogens is 3. The number of anilines is 2. The van der Waals surface area contributed by atoms with E-state index in [2.05, 4.69) is 32.5 Å². The summed E-state index contributed by atoms with van der Waals surface area (Å²) in [5.74, 6) is 1.91. The molecule has 1 saturated carbocycles. The predicted molar refractivity (Wildman–Crippen MR) is 71.0 cm³/mol. The molecule has 100 valence electrons. The van der Waals surface area contributed by atoms with Crippen molar-refractivity contribution in [2.24, 2.45) is 5.92 Å². The summed E-state index contributed by atoms with van der Waals surface area (Å²) in [5, 5.41) is 6.42. The molecule has 6 nitrogen and oxygen atoms in total. The Bertz CT molecular complexity index is 374. The van der Waals surface area contributed by atoms with E-state index in [1.54, 1.807) is 0 Å². The van der Waals surface area contributed by atoms with Crippen LogP contribution < -0.4 is 15.4 Å². The van der Waals surface area contributed by atoms with E-state index in [1.165, 1.54) is 12.8 Å². The van der Waals surface area contributed by atoms with Gasteiger partial charge in [0.25, 0.3) is 0 Å². The highest BCUT2D eigenvalue weighted by molar-refractivity contribution is 5.37. The quantitative estimate of drug-likeness (QED) is 0.771. The molecule has 6 heteroatoms. The van der Waals surface area contributed by atoms with Gasteiger partial charge in [0.05, 0.1) is 6.61 Å². The molecule has 1 aromatic rings. The number of ether oxygens (including phenoxy) is 1. The molecule has 0 aromatic carbocycles. The molecule has 0 radical (unpaired) electrons. The van der Waals surface area contributed by atoms with E-state index in [0.717, 1.165) is 12.5 Å². The van der Waals surface area contributed by atoms with Gasteiger partial charge < -0.3 is 15.4 Å². The van der Waals surface area contributed by atoms with Gasteiger partial charge in [0.15, 0.2) is 0 Å². The SMILES string of the molecule is CCNc1nc(NC2CC2CC)nc(OCC)n1. The second kappa shape index (κ2) is 5.84. The number of hydrogen-bond acceptors (Lipinski definition) is 6. The molecule has 0 spiro atoms. The molecule has 1 aliphatic carbocycles. The van der Waals surface area contributed by atoms with Crippen molar-refractivity contribution >= 4 is 11.9 Å². The average Bonchev–Trinajstić information content (AvgIpc) is 3.08.